The van der Waals surface area contributed by atoms with Gasteiger partial charge >= 0.3 is 0 Å². The molecule has 0 radical (unpaired) electrons. The number of benzene rings is 2. The molecule has 0 fully saturated rings. The second-order valence-electron chi connectivity index (χ2n) is 5.69. The molecule has 0 spiro atoms. The molecule has 0 aliphatic rings. The molecule has 0 aliphatic heterocycles. The SMILES string of the molecule is CCC(=O)c1ccc(OCCNC(C)Cc2ccccc2)cc1. The second kappa shape index (κ2) is 9.11. The molecule has 0 heterocycles. The first-order valence-corrected chi connectivity index (χ1v) is 8.22. The van der Waals surface area contributed by atoms with Gasteiger partial charge in [-0.25, -0.2) is 0 Å². The second-order valence-corrected chi connectivity index (χ2v) is 5.69. The van der Waals surface area contributed by atoms with E-state index in [1.165, 1.54) is 5.56 Å². The topological polar surface area (TPSA) is 38.3 Å². The normalized spacial score (nSPS) is 11.9. The molecule has 1 N–H and O–H groups in total. The standard InChI is InChI=1S/C20H25NO2/c1-3-20(22)18-9-11-19(12-10-18)23-14-13-21-16(2)15-17-7-5-4-6-8-17/h4-12,16,21H,3,13-15H2,1-2H3. The molecule has 0 bridgehead atoms. The van der Waals surface area contributed by atoms with Crippen molar-refractivity contribution in [2.45, 2.75) is 32.7 Å². The van der Waals surface area contributed by atoms with Crippen LogP contribution in [0.2, 0.25) is 0 Å². The summed E-state index contributed by atoms with van der Waals surface area (Å²) in [6.45, 7) is 5.46. The van der Waals surface area contributed by atoms with Gasteiger partial charge in [-0.1, -0.05) is 37.3 Å². The number of Topliss-reactive ketones (excluding diaryl/α,β-unsaturated/α-hetero) is 1. The molecule has 1 unspecified atom stereocenters. The number of ether oxygens (including phenoxy) is 1. The third-order valence-corrected chi connectivity index (χ3v) is 3.75. The molecule has 2 rings (SSSR count). The highest BCUT2D eigenvalue weighted by atomic mass is 16.5. The van der Waals surface area contributed by atoms with Crippen LogP contribution in [0.25, 0.3) is 0 Å². The smallest absolute Gasteiger partial charge is 0.162 e. The Morgan fingerprint density at radius 2 is 1.78 bits per heavy atom. The zero-order valence-corrected chi connectivity index (χ0v) is 13.9. The molecule has 2 aromatic rings. The lowest BCUT2D eigenvalue weighted by Gasteiger charge is -2.14. The number of nitrogens with one attached hydrogen (secondary N) is 1. The lowest BCUT2D eigenvalue weighted by molar-refractivity contribution is 0.0988. The number of ketones is 1. The highest BCUT2D eigenvalue weighted by Gasteiger charge is 2.04. The first kappa shape index (κ1) is 17.2. The van der Waals surface area contributed by atoms with Crippen LogP contribution in [0.15, 0.2) is 54.6 Å². The zero-order chi connectivity index (χ0) is 16.5. The minimum Gasteiger partial charge on any atom is -0.492 e. The molecule has 23 heavy (non-hydrogen) atoms. The molecule has 3 heteroatoms. The fraction of sp³-hybridized carbons (Fsp3) is 0.350. The average molecular weight is 311 g/mol. The summed E-state index contributed by atoms with van der Waals surface area (Å²) in [5.41, 5.74) is 2.08. The first-order valence-electron chi connectivity index (χ1n) is 8.22. The molecule has 2 aromatic carbocycles. The third kappa shape index (κ3) is 5.87. The Morgan fingerprint density at radius 1 is 1.09 bits per heavy atom. The molecule has 0 aromatic heterocycles. The number of hydrogen-bond donors (Lipinski definition) is 1. The number of carbonyl (C=O) groups is 1. The van der Waals surface area contributed by atoms with Crippen molar-refractivity contribution in [1.29, 1.82) is 0 Å². The molecule has 0 aliphatic carbocycles. The largest absolute Gasteiger partial charge is 0.492 e. The predicted octanol–water partition coefficient (Wildman–Crippen LogP) is 3.88. The van der Waals surface area contributed by atoms with Crippen LogP contribution in [-0.2, 0) is 6.42 Å². The van der Waals surface area contributed by atoms with Crippen molar-refractivity contribution in [2.75, 3.05) is 13.2 Å². The molecule has 0 saturated carbocycles. The maximum atomic E-state index is 11.6. The fourth-order valence-electron chi connectivity index (χ4n) is 2.46. The Bertz CT molecular complexity index is 593. The van der Waals surface area contributed by atoms with Gasteiger partial charge in [0.25, 0.3) is 0 Å². The molecule has 3 nitrogen and oxygen atoms in total. The van der Waals surface area contributed by atoms with E-state index in [0.29, 0.717) is 19.1 Å². The molecular weight excluding hydrogens is 286 g/mol. The maximum Gasteiger partial charge on any atom is 0.162 e. The van der Waals surface area contributed by atoms with Crippen molar-refractivity contribution in [1.82, 2.24) is 5.32 Å². The molecule has 122 valence electrons. The van der Waals surface area contributed by atoms with Gasteiger partial charge in [-0.2, -0.15) is 0 Å². The summed E-state index contributed by atoms with van der Waals surface area (Å²) in [4.78, 5) is 11.6. The van der Waals surface area contributed by atoms with Gasteiger partial charge in [0.15, 0.2) is 5.78 Å². The van der Waals surface area contributed by atoms with E-state index in [0.717, 1.165) is 24.3 Å². The Balaban J connectivity index is 1.68. The summed E-state index contributed by atoms with van der Waals surface area (Å²) in [7, 11) is 0. The van der Waals surface area contributed by atoms with Gasteiger partial charge in [0.05, 0.1) is 0 Å². The van der Waals surface area contributed by atoms with E-state index in [-0.39, 0.29) is 5.78 Å². The Kier molecular flexibility index (Phi) is 6.82. The fourth-order valence-corrected chi connectivity index (χ4v) is 2.46. The maximum absolute atomic E-state index is 11.6. The van der Waals surface area contributed by atoms with Crippen molar-refractivity contribution in [3.8, 4) is 5.75 Å². The van der Waals surface area contributed by atoms with Gasteiger partial charge in [-0.15, -0.1) is 0 Å². The van der Waals surface area contributed by atoms with Crippen molar-refractivity contribution in [2.24, 2.45) is 0 Å². The van der Waals surface area contributed by atoms with Gasteiger partial charge in [0, 0.05) is 24.6 Å². The van der Waals surface area contributed by atoms with Crippen LogP contribution in [0.1, 0.15) is 36.2 Å². The van der Waals surface area contributed by atoms with Crippen LogP contribution in [0.5, 0.6) is 5.75 Å². The third-order valence-electron chi connectivity index (χ3n) is 3.75. The molecule has 0 amide bonds. The minimum absolute atomic E-state index is 0.160. The average Bonchev–Trinajstić information content (AvgIpc) is 2.59. The van der Waals surface area contributed by atoms with E-state index in [9.17, 15) is 4.79 Å². The van der Waals surface area contributed by atoms with Gasteiger partial charge in [-0.05, 0) is 43.2 Å². The summed E-state index contributed by atoms with van der Waals surface area (Å²) in [5.74, 6) is 0.961. The Labute approximate surface area is 138 Å². The van der Waals surface area contributed by atoms with Crippen LogP contribution >= 0.6 is 0 Å². The van der Waals surface area contributed by atoms with Crippen LogP contribution in [0.4, 0.5) is 0 Å². The molecule has 0 saturated heterocycles. The van der Waals surface area contributed by atoms with Gasteiger partial charge in [0.2, 0.25) is 0 Å². The molecular formula is C20H25NO2. The summed E-state index contributed by atoms with van der Waals surface area (Å²) in [6, 6.07) is 18.2. The van der Waals surface area contributed by atoms with E-state index < -0.39 is 0 Å². The van der Waals surface area contributed by atoms with E-state index >= 15 is 0 Å². The highest BCUT2D eigenvalue weighted by Crippen LogP contribution is 2.13. The minimum atomic E-state index is 0.160. The van der Waals surface area contributed by atoms with Crippen LogP contribution in [0, 0.1) is 0 Å². The van der Waals surface area contributed by atoms with E-state index in [4.69, 9.17) is 4.74 Å². The predicted molar refractivity (Wildman–Crippen MR) is 94.2 cm³/mol. The van der Waals surface area contributed by atoms with E-state index in [2.05, 4.69) is 36.5 Å². The van der Waals surface area contributed by atoms with Crippen LogP contribution in [0.3, 0.4) is 0 Å². The Morgan fingerprint density at radius 3 is 2.43 bits per heavy atom. The van der Waals surface area contributed by atoms with Crippen LogP contribution < -0.4 is 10.1 Å². The van der Waals surface area contributed by atoms with Gasteiger partial charge < -0.3 is 10.1 Å². The summed E-state index contributed by atoms with van der Waals surface area (Å²) >= 11 is 0. The number of rotatable bonds is 9. The van der Waals surface area contributed by atoms with Crippen molar-refractivity contribution < 1.29 is 9.53 Å². The molecule has 1 atom stereocenters. The van der Waals surface area contributed by atoms with Crippen LogP contribution in [-0.4, -0.2) is 25.0 Å². The lowest BCUT2D eigenvalue weighted by Crippen LogP contribution is -2.31. The van der Waals surface area contributed by atoms with E-state index in [1.54, 1.807) is 0 Å². The number of hydrogen-bond acceptors (Lipinski definition) is 3. The van der Waals surface area contributed by atoms with Crippen molar-refractivity contribution in [3.05, 3.63) is 65.7 Å². The highest BCUT2D eigenvalue weighted by molar-refractivity contribution is 5.95. The first-order chi connectivity index (χ1) is 11.2. The zero-order valence-electron chi connectivity index (χ0n) is 13.9. The van der Waals surface area contributed by atoms with Gasteiger partial charge in [-0.3, -0.25) is 4.79 Å². The van der Waals surface area contributed by atoms with Gasteiger partial charge in [0.1, 0.15) is 12.4 Å². The van der Waals surface area contributed by atoms with E-state index in [1.807, 2.05) is 37.3 Å². The van der Waals surface area contributed by atoms with Crippen molar-refractivity contribution >= 4 is 5.78 Å². The summed E-state index contributed by atoms with van der Waals surface area (Å²) < 4.78 is 5.70. The Hall–Kier alpha value is -2.13. The monoisotopic (exact) mass is 311 g/mol. The van der Waals surface area contributed by atoms with Crippen molar-refractivity contribution in [3.63, 3.8) is 0 Å². The summed E-state index contributed by atoms with van der Waals surface area (Å²) in [6.07, 6.45) is 1.54. The summed E-state index contributed by atoms with van der Waals surface area (Å²) in [5, 5.41) is 3.46. The quantitative estimate of drug-likeness (QED) is 0.564. The lowest BCUT2D eigenvalue weighted by atomic mass is 10.1. The number of carbonyl (C=O) groups excluding carboxylic acids is 1.